The fraction of sp³-hybridized carbons (Fsp3) is 0.308. The second-order valence-electron chi connectivity index (χ2n) is 4.57. The Bertz CT molecular complexity index is 566. The highest BCUT2D eigenvalue weighted by molar-refractivity contribution is 5.91. The van der Waals surface area contributed by atoms with Crippen LogP contribution in [0.3, 0.4) is 0 Å². The van der Waals surface area contributed by atoms with Gasteiger partial charge >= 0.3 is 0 Å². The summed E-state index contributed by atoms with van der Waals surface area (Å²) in [6, 6.07) is 7.42. The maximum absolute atomic E-state index is 11.7. The average Bonchev–Trinajstić information content (AvgIpc) is 2.70. The highest BCUT2D eigenvalue weighted by Crippen LogP contribution is 2.09. The molecule has 0 aliphatic rings. The Morgan fingerprint density at radius 1 is 1.11 bits per heavy atom. The van der Waals surface area contributed by atoms with Gasteiger partial charge in [0.15, 0.2) is 11.5 Å². The van der Waals surface area contributed by atoms with Crippen LogP contribution in [0.4, 0.5) is 5.82 Å². The fourth-order valence-corrected chi connectivity index (χ4v) is 1.69. The van der Waals surface area contributed by atoms with Crippen LogP contribution in [0.2, 0.25) is 0 Å². The van der Waals surface area contributed by atoms with Gasteiger partial charge in [-0.15, -0.1) is 10.2 Å². The Balaban J connectivity index is 2.18. The number of rotatable bonds is 3. The van der Waals surface area contributed by atoms with Crippen molar-refractivity contribution < 1.29 is 4.79 Å². The Labute approximate surface area is 112 Å². The maximum Gasteiger partial charge on any atom is 0.273 e. The number of aryl methyl sites for hydroxylation is 2. The monoisotopic (exact) mass is 259 g/mol. The zero-order chi connectivity index (χ0) is 14.0. The van der Waals surface area contributed by atoms with Crippen molar-refractivity contribution in [1.82, 2.24) is 19.8 Å². The predicted octanol–water partition coefficient (Wildman–Crippen LogP) is 1.47. The molecule has 0 bridgehead atoms. The molecule has 1 N–H and O–H groups in total. The minimum absolute atomic E-state index is 0.160. The molecule has 1 amide bonds. The standard InChI is InChI=1S/C13H17N5O/c1-9-5-6-10(2)18(9)16-12-8-7-11(14-15-12)13(19)17(3)4/h5-8H,1-4H3,(H,15,16). The lowest BCUT2D eigenvalue weighted by atomic mass is 10.3. The van der Waals surface area contributed by atoms with Crippen molar-refractivity contribution in [2.75, 3.05) is 19.5 Å². The molecular weight excluding hydrogens is 242 g/mol. The van der Waals surface area contributed by atoms with Gasteiger partial charge in [-0.05, 0) is 38.1 Å². The van der Waals surface area contributed by atoms with Crippen molar-refractivity contribution in [3.05, 3.63) is 41.3 Å². The van der Waals surface area contributed by atoms with Crippen LogP contribution in [-0.4, -0.2) is 39.8 Å². The second-order valence-corrected chi connectivity index (χ2v) is 4.57. The second kappa shape index (κ2) is 5.09. The molecule has 6 nitrogen and oxygen atoms in total. The van der Waals surface area contributed by atoms with Crippen LogP contribution in [0.5, 0.6) is 0 Å². The van der Waals surface area contributed by atoms with Crippen molar-refractivity contribution in [3.8, 4) is 0 Å². The highest BCUT2D eigenvalue weighted by Gasteiger charge is 2.10. The van der Waals surface area contributed by atoms with Crippen LogP contribution in [-0.2, 0) is 0 Å². The van der Waals surface area contributed by atoms with Crippen molar-refractivity contribution in [3.63, 3.8) is 0 Å². The third-order valence-corrected chi connectivity index (χ3v) is 2.79. The molecule has 6 heteroatoms. The van der Waals surface area contributed by atoms with E-state index in [0.717, 1.165) is 11.4 Å². The van der Waals surface area contributed by atoms with E-state index in [1.165, 1.54) is 4.90 Å². The molecule has 0 unspecified atom stereocenters. The molecule has 0 saturated heterocycles. The fourth-order valence-electron chi connectivity index (χ4n) is 1.69. The van der Waals surface area contributed by atoms with E-state index in [-0.39, 0.29) is 5.91 Å². The van der Waals surface area contributed by atoms with Crippen LogP contribution >= 0.6 is 0 Å². The van der Waals surface area contributed by atoms with Gasteiger partial charge in [0.1, 0.15) is 0 Å². The van der Waals surface area contributed by atoms with E-state index in [4.69, 9.17) is 0 Å². The lowest BCUT2D eigenvalue weighted by Crippen LogP contribution is -2.23. The van der Waals surface area contributed by atoms with Gasteiger partial charge in [-0.1, -0.05) is 0 Å². The minimum Gasteiger partial charge on any atom is -0.343 e. The number of amides is 1. The summed E-state index contributed by atoms with van der Waals surface area (Å²) in [5.41, 5.74) is 5.62. The van der Waals surface area contributed by atoms with Crippen LogP contribution in [0.25, 0.3) is 0 Å². The maximum atomic E-state index is 11.7. The summed E-state index contributed by atoms with van der Waals surface area (Å²) in [4.78, 5) is 13.1. The van der Waals surface area contributed by atoms with Crippen LogP contribution in [0.1, 0.15) is 21.9 Å². The van der Waals surface area contributed by atoms with Crippen LogP contribution in [0.15, 0.2) is 24.3 Å². The number of hydrogen-bond acceptors (Lipinski definition) is 4. The van der Waals surface area contributed by atoms with Gasteiger partial charge in [0.2, 0.25) is 0 Å². The van der Waals surface area contributed by atoms with E-state index < -0.39 is 0 Å². The van der Waals surface area contributed by atoms with Gasteiger partial charge in [0, 0.05) is 25.5 Å². The number of carbonyl (C=O) groups excluding carboxylic acids is 1. The van der Waals surface area contributed by atoms with Crippen molar-refractivity contribution >= 4 is 11.7 Å². The van der Waals surface area contributed by atoms with E-state index in [1.54, 1.807) is 26.2 Å². The predicted molar refractivity (Wildman–Crippen MR) is 73.0 cm³/mol. The molecule has 2 heterocycles. The number of anilines is 1. The highest BCUT2D eigenvalue weighted by atomic mass is 16.2. The molecule has 2 aromatic heterocycles. The minimum atomic E-state index is -0.160. The van der Waals surface area contributed by atoms with Gasteiger partial charge in [0.25, 0.3) is 5.91 Å². The zero-order valence-electron chi connectivity index (χ0n) is 11.5. The van der Waals surface area contributed by atoms with Gasteiger partial charge in [-0.3, -0.25) is 14.9 Å². The molecule has 2 rings (SSSR count). The molecule has 0 radical (unpaired) electrons. The SMILES string of the molecule is Cc1ccc(C)n1Nc1ccc(C(=O)N(C)C)nn1. The average molecular weight is 259 g/mol. The molecule has 0 aromatic carbocycles. The lowest BCUT2D eigenvalue weighted by Gasteiger charge is -2.12. The molecule has 0 saturated carbocycles. The number of nitrogens with zero attached hydrogens (tertiary/aromatic N) is 4. The Kier molecular flexibility index (Phi) is 3.50. The normalized spacial score (nSPS) is 10.3. The summed E-state index contributed by atoms with van der Waals surface area (Å²) in [7, 11) is 3.37. The Hall–Kier alpha value is -2.37. The first-order valence-corrected chi connectivity index (χ1v) is 5.96. The van der Waals surface area contributed by atoms with E-state index in [1.807, 2.05) is 30.7 Å². The molecule has 0 fully saturated rings. The molecule has 0 aliphatic carbocycles. The largest absolute Gasteiger partial charge is 0.343 e. The molecular formula is C13H17N5O. The summed E-state index contributed by atoms with van der Waals surface area (Å²) in [6.45, 7) is 3.99. The molecule has 0 aliphatic heterocycles. The van der Waals surface area contributed by atoms with Gasteiger partial charge in [-0.2, -0.15) is 0 Å². The summed E-state index contributed by atoms with van der Waals surface area (Å²) < 4.78 is 1.91. The number of aromatic nitrogens is 3. The van der Waals surface area contributed by atoms with Crippen molar-refractivity contribution in [2.45, 2.75) is 13.8 Å². The number of carbonyl (C=O) groups is 1. The van der Waals surface area contributed by atoms with E-state index in [2.05, 4.69) is 15.6 Å². The van der Waals surface area contributed by atoms with Gasteiger partial charge in [0.05, 0.1) is 0 Å². The first-order valence-electron chi connectivity index (χ1n) is 5.96. The lowest BCUT2D eigenvalue weighted by molar-refractivity contribution is 0.0821. The van der Waals surface area contributed by atoms with Crippen molar-refractivity contribution in [2.24, 2.45) is 0 Å². The topological polar surface area (TPSA) is 63.1 Å². The molecule has 0 spiro atoms. The van der Waals surface area contributed by atoms with Gasteiger partial charge in [-0.25, -0.2) is 0 Å². The Morgan fingerprint density at radius 2 is 1.74 bits per heavy atom. The first-order chi connectivity index (χ1) is 8.99. The summed E-state index contributed by atoms with van der Waals surface area (Å²) in [6.07, 6.45) is 0. The first kappa shape index (κ1) is 13.1. The zero-order valence-corrected chi connectivity index (χ0v) is 11.5. The van der Waals surface area contributed by atoms with Gasteiger partial charge < -0.3 is 4.90 Å². The Morgan fingerprint density at radius 3 is 2.21 bits per heavy atom. The quantitative estimate of drug-likeness (QED) is 0.906. The van der Waals surface area contributed by atoms with Crippen LogP contribution < -0.4 is 5.43 Å². The van der Waals surface area contributed by atoms with E-state index in [0.29, 0.717) is 11.5 Å². The van der Waals surface area contributed by atoms with Crippen LogP contribution in [0, 0.1) is 13.8 Å². The van der Waals surface area contributed by atoms with E-state index in [9.17, 15) is 4.79 Å². The molecule has 19 heavy (non-hydrogen) atoms. The third-order valence-electron chi connectivity index (χ3n) is 2.79. The number of hydrogen-bond donors (Lipinski definition) is 1. The summed E-state index contributed by atoms with van der Waals surface area (Å²) in [5, 5.41) is 7.93. The molecule has 2 aromatic rings. The summed E-state index contributed by atoms with van der Waals surface area (Å²) in [5.74, 6) is 0.435. The van der Waals surface area contributed by atoms with E-state index >= 15 is 0 Å². The number of nitrogens with one attached hydrogen (secondary N) is 1. The summed E-state index contributed by atoms with van der Waals surface area (Å²) >= 11 is 0. The molecule has 0 atom stereocenters. The smallest absolute Gasteiger partial charge is 0.273 e. The molecule has 100 valence electrons. The third kappa shape index (κ3) is 2.73. The van der Waals surface area contributed by atoms with Crippen molar-refractivity contribution in [1.29, 1.82) is 0 Å².